The van der Waals surface area contributed by atoms with Gasteiger partial charge in [-0.2, -0.15) is 5.10 Å². The fraction of sp³-hybridized carbons (Fsp3) is 0.182. The van der Waals surface area contributed by atoms with Crippen molar-refractivity contribution < 1.29 is 4.79 Å². The summed E-state index contributed by atoms with van der Waals surface area (Å²) < 4.78 is 2.34. The van der Waals surface area contributed by atoms with E-state index >= 15 is 0 Å². The van der Waals surface area contributed by atoms with Gasteiger partial charge in [-0.05, 0) is 35.0 Å². The van der Waals surface area contributed by atoms with Gasteiger partial charge in [-0.15, -0.1) is 0 Å². The van der Waals surface area contributed by atoms with Crippen LogP contribution in [0.3, 0.4) is 0 Å². The van der Waals surface area contributed by atoms with Crippen molar-refractivity contribution in [2.24, 2.45) is 7.05 Å². The van der Waals surface area contributed by atoms with Gasteiger partial charge in [-0.1, -0.05) is 0 Å². The predicted octanol–water partition coefficient (Wildman–Crippen LogP) is 1.72. The van der Waals surface area contributed by atoms with Crippen molar-refractivity contribution in [3.8, 4) is 0 Å². The lowest BCUT2D eigenvalue weighted by molar-refractivity contribution is 0.102. The van der Waals surface area contributed by atoms with E-state index in [4.69, 9.17) is 5.73 Å². The first-order valence-electron chi connectivity index (χ1n) is 5.21. The summed E-state index contributed by atoms with van der Waals surface area (Å²) >= 11 is 3.26. The van der Waals surface area contributed by atoms with Crippen LogP contribution in [-0.2, 0) is 7.05 Å². The maximum atomic E-state index is 12.0. The largest absolute Gasteiger partial charge is 0.394 e. The Hall–Kier alpha value is -1.89. The van der Waals surface area contributed by atoms with E-state index in [1.165, 1.54) is 4.68 Å². The summed E-state index contributed by atoms with van der Waals surface area (Å²) in [6.45, 7) is 1.78. The van der Waals surface area contributed by atoms with Gasteiger partial charge in [0.05, 0.1) is 11.4 Å². The minimum absolute atomic E-state index is 0.316. The molecule has 0 radical (unpaired) electrons. The Morgan fingerprint density at radius 3 is 2.72 bits per heavy atom. The lowest BCUT2D eigenvalue weighted by atomic mass is 10.3. The summed E-state index contributed by atoms with van der Waals surface area (Å²) in [7, 11) is 1.72. The van der Waals surface area contributed by atoms with Crippen LogP contribution in [0.2, 0.25) is 0 Å². The molecule has 0 bridgehead atoms. The molecule has 0 aliphatic heterocycles. The van der Waals surface area contributed by atoms with Crippen molar-refractivity contribution in [2.45, 2.75) is 6.92 Å². The normalized spacial score (nSPS) is 10.4. The van der Waals surface area contributed by atoms with Crippen LogP contribution >= 0.6 is 15.9 Å². The maximum Gasteiger partial charge on any atom is 0.275 e. The molecular weight excluding hydrogens is 298 g/mol. The first-order chi connectivity index (χ1) is 8.49. The highest BCUT2D eigenvalue weighted by molar-refractivity contribution is 9.10. The van der Waals surface area contributed by atoms with Gasteiger partial charge in [-0.3, -0.25) is 9.48 Å². The van der Waals surface area contributed by atoms with Crippen molar-refractivity contribution in [2.75, 3.05) is 11.1 Å². The van der Waals surface area contributed by atoms with Gasteiger partial charge in [0, 0.05) is 17.7 Å². The number of aromatic nitrogens is 3. The Kier molecular flexibility index (Phi) is 3.33. The molecule has 2 rings (SSSR count). The third kappa shape index (κ3) is 2.35. The molecule has 6 nitrogen and oxygen atoms in total. The second kappa shape index (κ2) is 4.77. The number of nitrogens with zero attached hydrogens (tertiary/aromatic N) is 3. The molecule has 1 amide bonds. The highest BCUT2D eigenvalue weighted by Gasteiger charge is 2.14. The zero-order valence-electron chi connectivity index (χ0n) is 9.94. The number of nitrogens with two attached hydrogens (primary N) is 1. The average molecular weight is 310 g/mol. The van der Waals surface area contributed by atoms with E-state index in [2.05, 4.69) is 31.3 Å². The fourth-order valence-corrected chi connectivity index (χ4v) is 1.74. The zero-order chi connectivity index (χ0) is 13.3. The maximum absolute atomic E-state index is 12.0. The summed E-state index contributed by atoms with van der Waals surface area (Å²) in [5.41, 5.74) is 7.28. The number of hydrogen-bond acceptors (Lipinski definition) is 4. The number of aryl methyl sites for hydroxylation is 2. The molecule has 0 saturated heterocycles. The fourth-order valence-electron chi connectivity index (χ4n) is 1.50. The minimum atomic E-state index is -0.322. The van der Waals surface area contributed by atoms with E-state index in [-0.39, 0.29) is 5.91 Å². The molecule has 0 saturated carbocycles. The highest BCUT2D eigenvalue weighted by Crippen LogP contribution is 2.21. The van der Waals surface area contributed by atoms with Crippen molar-refractivity contribution in [1.82, 2.24) is 14.8 Å². The highest BCUT2D eigenvalue weighted by atomic mass is 79.9. The molecule has 2 heterocycles. The van der Waals surface area contributed by atoms with Crippen LogP contribution < -0.4 is 11.1 Å². The van der Waals surface area contributed by atoms with Gasteiger partial charge in [-0.25, -0.2) is 4.98 Å². The van der Waals surface area contributed by atoms with Crippen LogP contribution in [0.4, 0.5) is 11.5 Å². The van der Waals surface area contributed by atoms with Crippen LogP contribution in [-0.4, -0.2) is 20.7 Å². The van der Waals surface area contributed by atoms with E-state index in [1.54, 1.807) is 32.3 Å². The molecule has 94 valence electrons. The van der Waals surface area contributed by atoms with Crippen molar-refractivity contribution in [1.29, 1.82) is 0 Å². The summed E-state index contributed by atoms with van der Waals surface area (Å²) in [6.07, 6.45) is 1.56. The predicted molar refractivity (Wildman–Crippen MR) is 72.2 cm³/mol. The molecule has 0 atom stereocenters. The molecule has 0 spiro atoms. The number of carbonyl (C=O) groups is 1. The van der Waals surface area contributed by atoms with Crippen molar-refractivity contribution in [3.05, 3.63) is 34.2 Å². The SMILES string of the molecule is Cc1nn(C)c(NC(=O)c2ccc(Br)cn2)c1N. The Morgan fingerprint density at radius 2 is 2.22 bits per heavy atom. The summed E-state index contributed by atoms with van der Waals surface area (Å²) in [4.78, 5) is 16.0. The van der Waals surface area contributed by atoms with Crippen LogP contribution in [0.1, 0.15) is 16.2 Å². The number of nitrogens with one attached hydrogen (secondary N) is 1. The van der Waals surface area contributed by atoms with Gasteiger partial charge in [0.25, 0.3) is 5.91 Å². The summed E-state index contributed by atoms with van der Waals surface area (Å²) in [6, 6.07) is 3.37. The third-order valence-electron chi connectivity index (χ3n) is 2.46. The van der Waals surface area contributed by atoms with E-state index in [1.807, 2.05) is 0 Å². The summed E-state index contributed by atoms with van der Waals surface area (Å²) in [5.74, 6) is 0.152. The Labute approximate surface area is 112 Å². The Morgan fingerprint density at radius 1 is 1.50 bits per heavy atom. The monoisotopic (exact) mass is 309 g/mol. The lowest BCUT2D eigenvalue weighted by Crippen LogP contribution is -2.16. The van der Waals surface area contributed by atoms with Crippen LogP contribution in [0.5, 0.6) is 0 Å². The molecule has 0 aliphatic rings. The number of hydrogen-bond donors (Lipinski definition) is 2. The molecule has 7 heteroatoms. The third-order valence-corrected chi connectivity index (χ3v) is 2.93. The number of rotatable bonds is 2. The van der Waals surface area contributed by atoms with Crippen molar-refractivity contribution >= 4 is 33.3 Å². The quantitative estimate of drug-likeness (QED) is 0.884. The minimum Gasteiger partial charge on any atom is -0.394 e. The number of halogens is 1. The molecule has 18 heavy (non-hydrogen) atoms. The average Bonchev–Trinajstić information content (AvgIpc) is 2.57. The van der Waals surface area contributed by atoms with Crippen LogP contribution in [0, 0.1) is 6.92 Å². The van der Waals surface area contributed by atoms with E-state index < -0.39 is 0 Å². The Bertz CT molecular complexity index is 590. The van der Waals surface area contributed by atoms with Crippen molar-refractivity contribution in [3.63, 3.8) is 0 Å². The van der Waals surface area contributed by atoms with Gasteiger partial charge < -0.3 is 11.1 Å². The molecule has 0 unspecified atom stereocenters. The molecule has 0 fully saturated rings. The molecule has 0 aromatic carbocycles. The molecule has 0 aliphatic carbocycles. The van der Waals surface area contributed by atoms with Gasteiger partial charge in [0.1, 0.15) is 5.69 Å². The number of carbonyl (C=O) groups excluding carboxylic acids is 1. The first kappa shape index (κ1) is 12.6. The van der Waals surface area contributed by atoms with E-state index in [9.17, 15) is 4.79 Å². The van der Waals surface area contributed by atoms with Gasteiger partial charge in [0.15, 0.2) is 5.82 Å². The van der Waals surface area contributed by atoms with E-state index in [0.29, 0.717) is 22.9 Å². The summed E-state index contributed by atoms with van der Waals surface area (Å²) in [5, 5.41) is 6.81. The van der Waals surface area contributed by atoms with Crippen LogP contribution in [0.25, 0.3) is 0 Å². The molecule has 3 N–H and O–H groups in total. The molecule has 2 aromatic rings. The second-order valence-electron chi connectivity index (χ2n) is 3.79. The number of pyridine rings is 1. The lowest BCUT2D eigenvalue weighted by Gasteiger charge is -2.05. The van der Waals surface area contributed by atoms with Crippen LogP contribution in [0.15, 0.2) is 22.8 Å². The van der Waals surface area contributed by atoms with E-state index in [0.717, 1.165) is 4.47 Å². The smallest absolute Gasteiger partial charge is 0.275 e. The zero-order valence-corrected chi connectivity index (χ0v) is 11.5. The standard InChI is InChI=1S/C11H12BrN5O/c1-6-9(13)10(17(2)16-6)15-11(18)8-4-3-7(12)5-14-8/h3-5H,13H2,1-2H3,(H,15,18). The number of amides is 1. The topological polar surface area (TPSA) is 85.8 Å². The first-order valence-corrected chi connectivity index (χ1v) is 6.00. The molecular formula is C11H12BrN5O. The number of anilines is 2. The number of nitrogen functional groups attached to an aromatic ring is 1. The Balaban J connectivity index is 2.24. The molecule has 2 aromatic heterocycles. The van der Waals surface area contributed by atoms with Gasteiger partial charge >= 0.3 is 0 Å². The van der Waals surface area contributed by atoms with Gasteiger partial charge in [0.2, 0.25) is 0 Å². The second-order valence-corrected chi connectivity index (χ2v) is 4.70.